The number of carbonyl (C=O) groups is 2. The van der Waals surface area contributed by atoms with Crippen LogP contribution in [0.1, 0.15) is 44.1 Å². The molecule has 1 aliphatic carbocycles. The van der Waals surface area contributed by atoms with E-state index < -0.39 is 5.82 Å². The minimum atomic E-state index is -0.468. The Hall–Kier alpha value is -2.53. The molecule has 3 aliphatic rings. The fourth-order valence-corrected chi connectivity index (χ4v) is 6.03. The molecule has 1 aromatic heterocycles. The lowest BCUT2D eigenvalue weighted by atomic mass is 9.89. The van der Waals surface area contributed by atoms with Crippen molar-refractivity contribution in [1.82, 2.24) is 20.1 Å². The maximum atomic E-state index is 14.2. The number of halogens is 2. The van der Waals surface area contributed by atoms with Crippen LogP contribution in [0.3, 0.4) is 0 Å². The van der Waals surface area contributed by atoms with Crippen molar-refractivity contribution < 1.29 is 14.0 Å². The number of fused-ring (bicyclic) bond motifs is 1. The van der Waals surface area contributed by atoms with Crippen molar-refractivity contribution in [2.24, 2.45) is 0 Å². The van der Waals surface area contributed by atoms with Crippen molar-refractivity contribution in [2.45, 2.75) is 56.7 Å². The molecule has 7 nitrogen and oxygen atoms in total. The van der Waals surface area contributed by atoms with Crippen molar-refractivity contribution >= 4 is 51.7 Å². The van der Waals surface area contributed by atoms with Gasteiger partial charge in [0.1, 0.15) is 5.82 Å². The van der Waals surface area contributed by atoms with E-state index in [4.69, 9.17) is 0 Å². The second-order valence-electron chi connectivity index (χ2n) is 9.59. The topological polar surface area (TPSA) is 68.8 Å². The number of urea groups is 1. The lowest BCUT2D eigenvalue weighted by Crippen LogP contribution is -2.52. The van der Waals surface area contributed by atoms with E-state index in [0.29, 0.717) is 22.8 Å². The van der Waals surface area contributed by atoms with Gasteiger partial charge in [0, 0.05) is 26.9 Å². The van der Waals surface area contributed by atoms with Crippen molar-refractivity contribution in [1.29, 1.82) is 0 Å². The average Bonchev–Trinajstić information content (AvgIpc) is 3.27. The van der Waals surface area contributed by atoms with Crippen LogP contribution < -0.4 is 10.2 Å². The van der Waals surface area contributed by atoms with Crippen LogP contribution >= 0.6 is 22.6 Å². The number of hydrogen-bond acceptors (Lipinski definition) is 4. The molecule has 35 heavy (non-hydrogen) atoms. The number of amides is 3. The smallest absolute Gasteiger partial charge is 0.335 e. The molecule has 3 amide bonds. The number of rotatable bonds is 4. The molecule has 0 spiro atoms. The Bertz CT molecular complexity index is 1170. The van der Waals surface area contributed by atoms with Crippen molar-refractivity contribution in [2.75, 3.05) is 18.5 Å². The van der Waals surface area contributed by atoms with Gasteiger partial charge in [-0.25, -0.2) is 19.1 Å². The Morgan fingerprint density at radius 3 is 2.66 bits per heavy atom. The molecule has 0 radical (unpaired) electrons. The maximum Gasteiger partial charge on any atom is 0.335 e. The van der Waals surface area contributed by atoms with Gasteiger partial charge in [-0.05, 0) is 99.0 Å². The number of likely N-dealkylation sites (N-methyl/N-ethyl adjacent to an activating group) is 1. The molecular formula is C26H29FIN5O2. The zero-order chi connectivity index (χ0) is 24.7. The van der Waals surface area contributed by atoms with Gasteiger partial charge in [-0.3, -0.25) is 14.6 Å². The first-order valence-electron chi connectivity index (χ1n) is 12.1. The lowest BCUT2D eigenvalue weighted by Gasteiger charge is -2.43. The van der Waals surface area contributed by atoms with Crippen LogP contribution in [-0.4, -0.2) is 58.4 Å². The number of pyridine rings is 1. The quantitative estimate of drug-likeness (QED) is 0.516. The van der Waals surface area contributed by atoms with Gasteiger partial charge >= 0.3 is 6.03 Å². The van der Waals surface area contributed by atoms with E-state index in [1.165, 1.54) is 6.07 Å². The minimum Gasteiger partial charge on any atom is -0.352 e. The van der Waals surface area contributed by atoms with Crippen LogP contribution in [0, 0.1) is 9.39 Å². The zero-order valence-electron chi connectivity index (χ0n) is 19.7. The Morgan fingerprint density at radius 1 is 1.20 bits per heavy atom. The standard InChI is InChI=1S/C26H29FIN5O2/c1-16-22-13-17(27)15-29-24(22)33(21-6-3-5-18(28)14-21)26(35)32(16)20-10-8-19(9-11-20)30-25(34)23-7-4-12-31(23)2/h3,5-6,13-15,19-20,23H,1,4,7-12H2,2H3,(H,30,34)/t19-,20+,23-/m1/s1. The van der Waals surface area contributed by atoms with Crippen molar-refractivity contribution in [3.63, 3.8) is 0 Å². The number of nitrogens with zero attached hydrogens (tertiary/aromatic N) is 4. The Morgan fingerprint density at radius 2 is 1.97 bits per heavy atom. The van der Waals surface area contributed by atoms with Crippen molar-refractivity contribution in [3.8, 4) is 0 Å². The van der Waals surface area contributed by atoms with Gasteiger partial charge in [-0.15, -0.1) is 0 Å². The summed E-state index contributed by atoms with van der Waals surface area (Å²) in [7, 11) is 2.00. The van der Waals surface area contributed by atoms with Gasteiger partial charge in [0.15, 0.2) is 5.82 Å². The summed E-state index contributed by atoms with van der Waals surface area (Å²) in [6.07, 6.45) is 6.10. The molecule has 3 heterocycles. The van der Waals surface area contributed by atoms with E-state index in [1.807, 2.05) is 31.3 Å². The fourth-order valence-electron chi connectivity index (χ4n) is 5.51. The molecule has 9 heteroatoms. The summed E-state index contributed by atoms with van der Waals surface area (Å²) >= 11 is 2.21. The number of nitrogens with one attached hydrogen (secondary N) is 1. The van der Waals surface area contributed by atoms with Gasteiger partial charge < -0.3 is 5.32 Å². The number of benzene rings is 1. The molecule has 2 aliphatic heterocycles. The molecule has 2 aromatic rings. The van der Waals surface area contributed by atoms with Gasteiger partial charge in [-0.1, -0.05) is 12.6 Å². The highest BCUT2D eigenvalue weighted by Crippen LogP contribution is 2.41. The first kappa shape index (κ1) is 24.2. The third kappa shape index (κ3) is 4.67. The molecule has 1 N–H and O–H groups in total. The first-order valence-corrected chi connectivity index (χ1v) is 13.2. The fraction of sp³-hybridized carbons (Fsp3) is 0.423. The van der Waals surface area contributed by atoms with E-state index in [-0.39, 0.29) is 30.1 Å². The van der Waals surface area contributed by atoms with Crippen LogP contribution in [-0.2, 0) is 4.79 Å². The Balaban J connectivity index is 1.36. The highest BCUT2D eigenvalue weighted by Gasteiger charge is 2.41. The lowest BCUT2D eigenvalue weighted by molar-refractivity contribution is -0.126. The summed E-state index contributed by atoms with van der Waals surface area (Å²) in [5.74, 6) is 0.0265. The molecule has 2 fully saturated rings. The first-order chi connectivity index (χ1) is 16.8. The third-order valence-corrected chi connectivity index (χ3v) is 8.01. The molecule has 0 bridgehead atoms. The second kappa shape index (κ2) is 9.85. The Labute approximate surface area is 218 Å². The third-order valence-electron chi connectivity index (χ3n) is 7.34. The molecule has 1 atom stereocenters. The van der Waals surface area contributed by atoms with E-state index in [9.17, 15) is 14.0 Å². The monoisotopic (exact) mass is 589 g/mol. The van der Waals surface area contributed by atoms with Crippen LogP contribution in [0.5, 0.6) is 0 Å². The molecule has 1 aromatic carbocycles. The Kier molecular flexibility index (Phi) is 6.80. The molecular weight excluding hydrogens is 560 g/mol. The summed E-state index contributed by atoms with van der Waals surface area (Å²) in [6, 6.07) is 8.73. The highest BCUT2D eigenvalue weighted by atomic mass is 127. The predicted molar refractivity (Wildman–Crippen MR) is 142 cm³/mol. The highest BCUT2D eigenvalue weighted by molar-refractivity contribution is 14.1. The van der Waals surface area contributed by atoms with Crippen LogP contribution in [0.2, 0.25) is 0 Å². The number of hydrogen-bond donors (Lipinski definition) is 1. The van der Waals surface area contributed by atoms with Gasteiger partial charge in [0.2, 0.25) is 5.91 Å². The maximum absolute atomic E-state index is 14.2. The number of likely N-dealkylation sites (tertiary alicyclic amines) is 1. The minimum absolute atomic E-state index is 0.0442. The van der Waals surface area contributed by atoms with Crippen LogP contribution in [0.15, 0.2) is 43.1 Å². The van der Waals surface area contributed by atoms with E-state index in [0.717, 1.165) is 54.8 Å². The molecule has 1 saturated carbocycles. The van der Waals surface area contributed by atoms with Crippen LogP contribution in [0.4, 0.5) is 20.7 Å². The van der Waals surface area contributed by atoms with E-state index in [2.05, 4.69) is 44.4 Å². The second-order valence-corrected chi connectivity index (χ2v) is 10.8. The van der Waals surface area contributed by atoms with Gasteiger partial charge in [0.05, 0.1) is 17.9 Å². The number of carbonyl (C=O) groups excluding carboxylic acids is 2. The summed E-state index contributed by atoms with van der Waals surface area (Å²) in [4.78, 5) is 36.2. The number of anilines is 2. The average molecular weight is 589 g/mol. The SMILES string of the molecule is C=C1c2cc(F)cnc2N(c2cccc(I)c2)C(=O)N1[C@H]1CC[C@@H](NC(=O)[C@H]2CCCN2C)CC1. The van der Waals surface area contributed by atoms with Gasteiger partial charge in [-0.2, -0.15) is 0 Å². The molecule has 1 saturated heterocycles. The summed E-state index contributed by atoms with van der Waals surface area (Å²) in [6.45, 7) is 5.13. The number of aromatic nitrogens is 1. The van der Waals surface area contributed by atoms with E-state index in [1.54, 1.807) is 9.80 Å². The zero-order valence-corrected chi connectivity index (χ0v) is 21.9. The summed E-state index contributed by atoms with van der Waals surface area (Å²) in [5.41, 5.74) is 1.67. The van der Waals surface area contributed by atoms with E-state index >= 15 is 0 Å². The van der Waals surface area contributed by atoms with Gasteiger partial charge in [0.25, 0.3) is 0 Å². The molecule has 5 rings (SSSR count). The summed E-state index contributed by atoms with van der Waals surface area (Å²) < 4.78 is 15.2. The largest absolute Gasteiger partial charge is 0.352 e. The molecule has 0 unspecified atom stereocenters. The normalized spacial score (nSPS) is 25.1. The predicted octanol–water partition coefficient (Wildman–Crippen LogP) is 4.89. The van der Waals surface area contributed by atoms with Crippen molar-refractivity contribution in [3.05, 3.63) is 58.1 Å². The van der Waals surface area contributed by atoms with Crippen LogP contribution in [0.25, 0.3) is 5.70 Å². The molecule has 184 valence electrons. The summed E-state index contributed by atoms with van der Waals surface area (Å²) in [5, 5.41) is 3.22.